The van der Waals surface area contributed by atoms with Crippen LogP contribution in [0.4, 0.5) is 5.69 Å². The van der Waals surface area contributed by atoms with Crippen LogP contribution in [0.5, 0.6) is 0 Å². The molecule has 3 heteroatoms. The molecule has 0 aromatic heterocycles. The average molecular weight is 218 g/mol. The molecule has 0 aliphatic heterocycles. The number of nitrogens with zero attached hydrogens (tertiary/aromatic N) is 2. The van der Waals surface area contributed by atoms with E-state index in [2.05, 4.69) is 6.07 Å². The molecule has 0 bridgehead atoms. The predicted molar refractivity (Wildman–Crippen MR) is 67.7 cm³/mol. The summed E-state index contributed by atoms with van der Waals surface area (Å²) in [4.78, 5) is 1.86. The van der Waals surface area contributed by atoms with Gasteiger partial charge in [0.05, 0.1) is 0 Å². The van der Waals surface area contributed by atoms with Crippen molar-refractivity contribution in [2.24, 2.45) is 0 Å². The van der Waals surface area contributed by atoms with Gasteiger partial charge in [0.25, 0.3) is 0 Å². The number of para-hydroxylation sites is 1. The summed E-state index contributed by atoms with van der Waals surface area (Å²) < 4.78 is 0. The van der Waals surface area contributed by atoms with Gasteiger partial charge in [-0.05, 0) is 12.1 Å². The van der Waals surface area contributed by atoms with Crippen molar-refractivity contribution >= 4 is 5.69 Å². The van der Waals surface area contributed by atoms with Crippen LogP contribution in [-0.2, 0) is 0 Å². The minimum absolute atomic E-state index is 0. The molecule has 0 fully saturated rings. The summed E-state index contributed by atoms with van der Waals surface area (Å²) in [6, 6.07) is 12.0. The molecule has 0 saturated carbocycles. The van der Waals surface area contributed by atoms with Crippen molar-refractivity contribution in [3.05, 3.63) is 60.7 Å². The van der Waals surface area contributed by atoms with Gasteiger partial charge in [-0.1, -0.05) is 18.2 Å². The zero-order chi connectivity index (χ0) is 11.8. The molecule has 17 heavy (non-hydrogen) atoms. The molecule has 0 atom stereocenters. The van der Waals surface area contributed by atoms with E-state index in [1.165, 1.54) is 0 Å². The van der Waals surface area contributed by atoms with Crippen LogP contribution in [0.2, 0.25) is 0 Å². The smallest absolute Gasteiger partial charge is 0.337 e. The Hall–Kier alpha value is -1.54. The second-order valence-electron chi connectivity index (χ2n) is 3.28. The van der Waals surface area contributed by atoms with Gasteiger partial charge < -0.3 is 4.90 Å². The summed E-state index contributed by atoms with van der Waals surface area (Å²) in [6.45, 7) is 1.94. The summed E-state index contributed by atoms with van der Waals surface area (Å²) in [5, 5.41) is 9.05. The fourth-order valence-electron chi connectivity index (χ4n) is 1.27. The zero-order valence-corrected chi connectivity index (χ0v) is 10.6. The molecule has 1 rings (SSSR count). The number of benzene rings is 1. The van der Waals surface area contributed by atoms with E-state index in [4.69, 9.17) is 5.26 Å². The summed E-state index contributed by atoms with van der Waals surface area (Å²) in [5.74, 6) is 0. The van der Waals surface area contributed by atoms with Crippen LogP contribution >= 0.6 is 0 Å². The third-order valence-electron chi connectivity index (χ3n) is 2.18. The van der Waals surface area contributed by atoms with Crippen LogP contribution in [0, 0.1) is 17.8 Å². The number of hydrogen-bond donors (Lipinski definition) is 0. The zero-order valence-electron chi connectivity index (χ0n) is 10.6. The van der Waals surface area contributed by atoms with Crippen molar-refractivity contribution in [3.8, 4) is 6.07 Å². The number of nitriles is 1. The largest absolute Gasteiger partial charge is 1.00 e. The van der Waals surface area contributed by atoms with Crippen molar-refractivity contribution in [1.29, 1.82) is 5.26 Å². The van der Waals surface area contributed by atoms with Crippen LogP contribution in [0.15, 0.2) is 54.3 Å². The quantitative estimate of drug-likeness (QED) is 0.315. The minimum Gasteiger partial charge on any atom is -0.337 e. The van der Waals surface area contributed by atoms with Crippen LogP contribution in [-0.4, -0.2) is 7.05 Å². The van der Waals surface area contributed by atoms with Gasteiger partial charge in [0.1, 0.15) is 11.8 Å². The van der Waals surface area contributed by atoms with E-state index in [-0.39, 0.29) is 18.9 Å². The maximum absolute atomic E-state index is 9.05. The third kappa shape index (κ3) is 4.87. The van der Waals surface area contributed by atoms with Gasteiger partial charge in [-0.15, -0.1) is 13.0 Å². The van der Waals surface area contributed by atoms with Gasteiger partial charge in [0, 0.05) is 12.7 Å². The Labute approximate surface area is 115 Å². The Morgan fingerprint density at radius 2 is 2.00 bits per heavy atom. The first-order valence-corrected chi connectivity index (χ1v) is 5.14. The Morgan fingerprint density at radius 3 is 2.53 bits per heavy atom. The molecule has 0 aliphatic rings. The monoisotopic (exact) mass is 218 g/mol. The van der Waals surface area contributed by atoms with E-state index in [0.717, 1.165) is 5.69 Å². The van der Waals surface area contributed by atoms with Gasteiger partial charge in [-0.2, -0.15) is 5.26 Å². The van der Waals surface area contributed by atoms with Crippen molar-refractivity contribution in [2.75, 3.05) is 11.9 Å². The van der Waals surface area contributed by atoms with Gasteiger partial charge in [0.15, 0.2) is 0 Å². The molecule has 0 radical (unpaired) electrons. The average Bonchev–Trinajstić information content (AvgIpc) is 2.35. The van der Waals surface area contributed by atoms with Crippen LogP contribution in [0.25, 0.3) is 0 Å². The topological polar surface area (TPSA) is 27.0 Å². The van der Waals surface area contributed by atoms with Crippen LogP contribution < -0.4 is 23.8 Å². The van der Waals surface area contributed by atoms with E-state index >= 15 is 0 Å². The molecular formula is C14H15LiN2. The second kappa shape index (κ2) is 8.59. The number of hydrogen-bond acceptors (Lipinski definition) is 2. The van der Waals surface area contributed by atoms with Crippen molar-refractivity contribution in [1.82, 2.24) is 0 Å². The summed E-state index contributed by atoms with van der Waals surface area (Å²) in [6.07, 6.45) is 7.48. The first-order chi connectivity index (χ1) is 7.79. The normalized spacial score (nSPS) is 10.5. The molecule has 0 spiro atoms. The number of rotatable bonds is 4. The van der Waals surface area contributed by atoms with Gasteiger partial charge >= 0.3 is 18.9 Å². The van der Waals surface area contributed by atoms with Crippen molar-refractivity contribution in [3.63, 3.8) is 0 Å². The molecule has 82 valence electrons. The first kappa shape index (κ1) is 15.5. The van der Waals surface area contributed by atoms with Crippen LogP contribution in [0.3, 0.4) is 0 Å². The molecule has 1 aromatic rings. The Morgan fingerprint density at radius 1 is 1.35 bits per heavy atom. The molecule has 0 N–H and O–H groups in total. The molecule has 0 saturated heterocycles. The molecule has 0 unspecified atom stereocenters. The Balaban J connectivity index is 0.00000256. The van der Waals surface area contributed by atoms with E-state index in [1.54, 1.807) is 6.08 Å². The van der Waals surface area contributed by atoms with Crippen molar-refractivity contribution in [2.45, 2.75) is 6.92 Å². The number of anilines is 1. The fraction of sp³-hybridized carbons (Fsp3) is 0.143. The summed E-state index contributed by atoms with van der Waals surface area (Å²) in [5.41, 5.74) is 1.62. The predicted octanol–water partition coefficient (Wildman–Crippen LogP) is 0.315. The van der Waals surface area contributed by atoms with E-state index in [0.29, 0.717) is 5.70 Å². The maximum Gasteiger partial charge on any atom is 1.00 e. The molecule has 2 nitrogen and oxygen atoms in total. The van der Waals surface area contributed by atoms with Gasteiger partial charge in [-0.25, -0.2) is 18.6 Å². The SMILES string of the molecule is C[CH-]/C=C/C=C(/C#N)N(C)c1ccccc1.[Li+]. The molecule has 0 heterocycles. The number of allylic oxidation sites excluding steroid dienone is 4. The third-order valence-corrected chi connectivity index (χ3v) is 2.18. The first-order valence-electron chi connectivity index (χ1n) is 5.14. The molecule has 0 amide bonds. The standard InChI is InChI=1S/C14H15N2.Li/c1-3-4-6-11-14(12-15)16(2)13-9-7-5-8-10-13;/h3-11H,1-2H3;/q-1;+1/b6-4+,14-11-;. The van der Waals surface area contributed by atoms with Crippen molar-refractivity contribution < 1.29 is 18.9 Å². The fourth-order valence-corrected chi connectivity index (χ4v) is 1.27. The maximum atomic E-state index is 9.05. The molecular weight excluding hydrogens is 203 g/mol. The summed E-state index contributed by atoms with van der Waals surface area (Å²) in [7, 11) is 1.88. The molecule has 1 aromatic carbocycles. The van der Waals surface area contributed by atoms with Gasteiger partial charge in [0.2, 0.25) is 0 Å². The van der Waals surface area contributed by atoms with E-state index in [9.17, 15) is 0 Å². The summed E-state index contributed by atoms with van der Waals surface area (Å²) >= 11 is 0. The Kier molecular flexibility index (Phi) is 7.81. The minimum atomic E-state index is 0. The Bertz CT molecular complexity index is 416. The van der Waals surface area contributed by atoms with Crippen LogP contribution in [0.1, 0.15) is 6.92 Å². The molecule has 0 aliphatic carbocycles. The van der Waals surface area contributed by atoms with E-state index in [1.807, 2.05) is 67.8 Å². The van der Waals surface area contributed by atoms with Gasteiger partial charge in [-0.3, -0.25) is 0 Å². The second-order valence-corrected chi connectivity index (χ2v) is 3.28. The van der Waals surface area contributed by atoms with E-state index < -0.39 is 0 Å².